The van der Waals surface area contributed by atoms with E-state index in [1.54, 1.807) is 0 Å². The lowest BCUT2D eigenvalue weighted by atomic mass is 10.1. The summed E-state index contributed by atoms with van der Waals surface area (Å²) in [6, 6.07) is 10.4. The van der Waals surface area contributed by atoms with Crippen LogP contribution in [-0.4, -0.2) is 7.05 Å². The summed E-state index contributed by atoms with van der Waals surface area (Å²) in [6.07, 6.45) is 0. The molecule has 0 saturated heterocycles. The first-order valence-electron chi connectivity index (χ1n) is 4.16. The third kappa shape index (κ3) is 1.88. The SMILES string of the molecule is CN/C(C)=C(/C)c1ccccc1. The topological polar surface area (TPSA) is 12.0 Å². The molecule has 0 unspecified atom stereocenters. The molecular weight excluding hydrogens is 146 g/mol. The minimum Gasteiger partial charge on any atom is -0.391 e. The lowest BCUT2D eigenvalue weighted by molar-refractivity contribution is 0.991. The van der Waals surface area contributed by atoms with E-state index in [1.807, 2.05) is 13.1 Å². The van der Waals surface area contributed by atoms with Crippen molar-refractivity contribution in [3.63, 3.8) is 0 Å². The van der Waals surface area contributed by atoms with E-state index in [4.69, 9.17) is 0 Å². The number of nitrogens with one attached hydrogen (secondary N) is 1. The van der Waals surface area contributed by atoms with Crippen LogP contribution in [0.5, 0.6) is 0 Å². The van der Waals surface area contributed by atoms with E-state index in [0.29, 0.717) is 0 Å². The van der Waals surface area contributed by atoms with Crippen molar-refractivity contribution in [2.75, 3.05) is 7.05 Å². The van der Waals surface area contributed by atoms with Crippen molar-refractivity contribution >= 4 is 5.57 Å². The molecule has 1 aromatic carbocycles. The van der Waals surface area contributed by atoms with Gasteiger partial charge in [-0.3, -0.25) is 0 Å². The monoisotopic (exact) mass is 161 g/mol. The van der Waals surface area contributed by atoms with E-state index in [-0.39, 0.29) is 0 Å². The summed E-state index contributed by atoms with van der Waals surface area (Å²) in [4.78, 5) is 0. The molecule has 64 valence electrons. The van der Waals surface area contributed by atoms with Gasteiger partial charge in [0.25, 0.3) is 0 Å². The van der Waals surface area contributed by atoms with E-state index >= 15 is 0 Å². The van der Waals surface area contributed by atoms with Crippen LogP contribution in [0.4, 0.5) is 0 Å². The molecule has 0 fully saturated rings. The first-order valence-corrected chi connectivity index (χ1v) is 4.16. The summed E-state index contributed by atoms with van der Waals surface area (Å²) in [7, 11) is 1.95. The van der Waals surface area contributed by atoms with E-state index < -0.39 is 0 Å². The Morgan fingerprint density at radius 3 is 2.17 bits per heavy atom. The van der Waals surface area contributed by atoms with E-state index in [0.717, 1.165) is 0 Å². The number of allylic oxidation sites excluding steroid dienone is 2. The average Bonchev–Trinajstić information content (AvgIpc) is 2.17. The van der Waals surface area contributed by atoms with Crippen molar-refractivity contribution < 1.29 is 0 Å². The minimum absolute atomic E-state index is 1.22. The molecule has 0 heterocycles. The first kappa shape index (κ1) is 8.85. The molecule has 0 aliphatic carbocycles. The Bertz CT molecular complexity index is 272. The van der Waals surface area contributed by atoms with Crippen molar-refractivity contribution in [3.05, 3.63) is 41.6 Å². The quantitative estimate of drug-likeness (QED) is 0.703. The van der Waals surface area contributed by atoms with Crippen molar-refractivity contribution in [2.24, 2.45) is 0 Å². The third-order valence-corrected chi connectivity index (χ3v) is 2.14. The molecule has 0 radical (unpaired) electrons. The average molecular weight is 161 g/mol. The highest BCUT2D eigenvalue weighted by molar-refractivity contribution is 5.65. The molecule has 0 aliphatic rings. The zero-order chi connectivity index (χ0) is 8.97. The highest BCUT2D eigenvalue weighted by atomic mass is 14.8. The zero-order valence-electron chi connectivity index (χ0n) is 7.89. The van der Waals surface area contributed by atoms with Gasteiger partial charge in [0.2, 0.25) is 0 Å². The van der Waals surface area contributed by atoms with E-state index in [1.165, 1.54) is 16.8 Å². The van der Waals surface area contributed by atoms with Crippen molar-refractivity contribution in [1.29, 1.82) is 0 Å². The maximum absolute atomic E-state index is 3.14. The molecular formula is C11H15N. The van der Waals surface area contributed by atoms with Crippen molar-refractivity contribution in [1.82, 2.24) is 5.32 Å². The van der Waals surface area contributed by atoms with Crippen LogP contribution in [0.1, 0.15) is 19.4 Å². The predicted molar refractivity (Wildman–Crippen MR) is 53.8 cm³/mol. The Morgan fingerprint density at radius 1 is 1.08 bits per heavy atom. The minimum atomic E-state index is 1.22. The highest BCUT2D eigenvalue weighted by Gasteiger charge is 1.96. The third-order valence-electron chi connectivity index (χ3n) is 2.14. The van der Waals surface area contributed by atoms with Crippen LogP contribution < -0.4 is 5.32 Å². The van der Waals surface area contributed by atoms with Gasteiger partial charge in [-0.2, -0.15) is 0 Å². The molecule has 0 saturated carbocycles. The summed E-state index contributed by atoms with van der Waals surface area (Å²) in [5.74, 6) is 0. The lowest BCUT2D eigenvalue weighted by Gasteiger charge is -2.06. The number of hydrogen-bond acceptors (Lipinski definition) is 1. The van der Waals surface area contributed by atoms with Gasteiger partial charge in [0.15, 0.2) is 0 Å². The summed E-state index contributed by atoms with van der Waals surface area (Å²) < 4.78 is 0. The van der Waals surface area contributed by atoms with Crippen LogP contribution in [0.25, 0.3) is 5.57 Å². The largest absolute Gasteiger partial charge is 0.391 e. The summed E-state index contributed by atoms with van der Waals surface area (Å²) in [6.45, 7) is 4.21. The highest BCUT2D eigenvalue weighted by Crippen LogP contribution is 2.15. The van der Waals surface area contributed by atoms with Crippen LogP contribution in [0.2, 0.25) is 0 Å². The molecule has 12 heavy (non-hydrogen) atoms. The van der Waals surface area contributed by atoms with Gasteiger partial charge < -0.3 is 5.32 Å². The normalized spacial score (nSPS) is 12.2. The van der Waals surface area contributed by atoms with Gasteiger partial charge in [-0.25, -0.2) is 0 Å². The van der Waals surface area contributed by atoms with Gasteiger partial charge in [0.1, 0.15) is 0 Å². The van der Waals surface area contributed by atoms with Crippen LogP contribution in [-0.2, 0) is 0 Å². The van der Waals surface area contributed by atoms with Crippen LogP contribution in [0.15, 0.2) is 36.0 Å². The van der Waals surface area contributed by atoms with Crippen LogP contribution >= 0.6 is 0 Å². The second-order valence-electron chi connectivity index (χ2n) is 2.87. The van der Waals surface area contributed by atoms with Gasteiger partial charge in [-0.15, -0.1) is 0 Å². The molecule has 0 aromatic heterocycles. The van der Waals surface area contributed by atoms with Gasteiger partial charge in [-0.1, -0.05) is 30.3 Å². The second-order valence-corrected chi connectivity index (χ2v) is 2.87. The van der Waals surface area contributed by atoms with Gasteiger partial charge >= 0.3 is 0 Å². The summed E-state index contributed by atoms with van der Waals surface area (Å²) in [5, 5.41) is 3.14. The molecule has 1 aromatic rings. The molecule has 1 N–H and O–H groups in total. The fraction of sp³-hybridized carbons (Fsp3) is 0.273. The molecule has 0 atom stereocenters. The maximum atomic E-state index is 3.14. The fourth-order valence-electron chi connectivity index (χ4n) is 1.09. The fourth-order valence-corrected chi connectivity index (χ4v) is 1.09. The lowest BCUT2D eigenvalue weighted by Crippen LogP contribution is -2.03. The molecule has 0 spiro atoms. The van der Waals surface area contributed by atoms with Gasteiger partial charge in [-0.05, 0) is 25.0 Å². The predicted octanol–water partition coefficient (Wildman–Crippen LogP) is 2.66. The van der Waals surface area contributed by atoms with E-state index in [9.17, 15) is 0 Å². The Morgan fingerprint density at radius 2 is 1.67 bits per heavy atom. The second kappa shape index (κ2) is 3.96. The zero-order valence-corrected chi connectivity index (χ0v) is 7.89. The summed E-state index contributed by atoms with van der Waals surface area (Å²) in [5.41, 5.74) is 3.81. The summed E-state index contributed by atoms with van der Waals surface area (Å²) >= 11 is 0. The van der Waals surface area contributed by atoms with E-state index in [2.05, 4.69) is 43.4 Å². The Balaban J connectivity index is 3.00. The van der Waals surface area contributed by atoms with Gasteiger partial charge in [0, 0.05) is 12.7 Å². The van der Waals surface area contributed by atoms with Crippen molar-refractivity contribution in [2.45, 2.75) is 13.8 Å². The number of rotatable bonds is 2. The molecule has 0 amide bonds. The molecule has 0 aliphatic heterocycles. The van der Waals surface area contributed by atoms with Crippen LogP contribution in [0, 0.1) is 0 Å². The van der Waals surface area contributed by atoms with Crippen molar-refractivity contribution in [3.8, 4) is 0 Å². The van der Waals surface area contributed by atoms with Gasteiger partial charge in [0.05, 0.1) is 0 Å². The molecule has 1 nitrogen and oxygen atoms in total. The maximum Gasteiger partial charge on any atom is 0.0108 e. The Kier molecular flexibility index (Phi) is 2.92. The smallest absolute Gasteiger partial charge is 0.0108 e. The first-order chi connectivity index (χ1) is 5.75. The number of hydrogen-bond donors (Lipinski definition) is 1. The number of benzene rings is 1. The molecule has 1 heteroatoms. The standard InChI is InChI=1S/C11H15N/c1-9(10(2)12-3)11-7-5-4-6-8-11/h4-8,12H,1-3H3/b10-9-. The molecule has 1 rings (SSSR count). The Labute approximate surface area is 74.1 Å². The molecule has 0 bridgehead atoms. The van der Waals surface area contributed by atoms with Crippen LogP contribution in [0.3, 0.4) is 0 Å². The Hall–Kier alpha value is -1.24.